The zero-order valence-corrected chi connectivity index (χ0v) is 12.2. The molecule has 0 bridgehead atoms. The minimum Gasteiger partial charge on any atom is -0.410 e. The summed E-state index contributed by atoms with van der Waals surface area (Å²) in [6.45, 7) is 0. The van der Waals surface area contributed by atoms with Crippen molar-refractivity contribution in [3.05, 3.63) is 84.3 Å². The smallest absolute Gasteiger partial charge is 0.294 e. The second-order valence-electron chi connectivity index (χ2n) is 5.09. The van der Waals surface area contributed by atoms with Crippen molar-refractivity contribution in [3.63, 3.8) is 0 Å². The number of rotatable bonds is 1. The third kappa shape index (κ3) is 2.83. The van der Waals surface area contributed by atoms with Crippen molar-refractivity contribution in [2.45, 2.75) is 0 Å². The predicted molar refractivity (Wildman–Crippen MR) is 89.7 cm³/mol. The van der Waals surface area contributed by atoms with E-state index in [2.05, 4.69) is 46.3 Å². The molecule has 1 heterocycles. The Balaban J connectivity index is 1.63. The van der Waals surface area contributed by atoms with E-state index in [1.165, 1.54) is 5.39 Å². The van der Waals surface area contributed by atoms with Crippen molar-refractivity contribution in [1.29, 1.82) is 0 Å². The maximum absolute atomic E-state index is 5.58. The molecule has 0 spiro atoms. The maximum Gasteiger partial charge on any atom is 0.294 e. The fourth-order valence-electron chi connectivity index (χ4n) is 2.36. The van der Waals surface area contributed by atoms with Gasteiger partial charge >= 0.3 is 0 Å². The number of nitrogens with zero attached hydrogens (tertiary/aromatic N) is 2. The SMILES string of the molecule is C(#Cc1nnc(-c2ccccc2)o1)c1ccc2ccccc2c1. The summed E-state index contributed by atoms with van der Waals surface area (Å²) in [7, 11) is 0. The zero-order chi connectivity index (χ0) is 15.5. The topological polar surface area (TPSA) is 38.9 Å². The molecule has 3 nitrogen and oxygen atoms in total. The molecule has 0 saturated heterocycles. The van der Waals surface area contributed by atoms with Crippen LogP contribution in [0.4, 0.5) is 0 Å². The fraction of sp³-hybridized carbons (Fsp3) is 0. The molecule has 4 aromatic rings. The minimum atomic E-state index is 0.317. The molecule has 0 amide bonds. The Hall–Kier alpha value is -3.38. The molecule has 0 aliphatic carbocycles. The van der Waals surface area contributed by atoms with Crippen LogP contribution in [-0.2, 0) is 0 Å². The van der Waals surface area contributed by atoms with Gasteiger partial charge in [-0.3, -0.25) is 0 Å². The summed E-state index contributed by atoms with van der Waals surface area (Å²) in [4.78, 5) is 0. The van der Waals surface area contributed by atoms with E-state index in [1.54, 1.807) is 0 Å². The van der Waals surface area contributed by atoms with Gasteiger partial charge in [-0.1, -0.05) is 59.6 Å². The lowest BCUT2D eigenvalue weighted by molar-refractivity contribution is 0.555. The molecule has 3 aromatic carbocycles. The van der Waals surface area contributed by atoms with Crippen molar-refractivity contribution >= 4 is 10.8 Å². The minimum absolute atomic E-state index is 0.317. The highest BCUT2D eigenvalue weighted by molar-refractivity contribution is 5.83. The number of benzene rings is 3. The zero-order valence-electron chi connectivity index (χ0n) is 12.2. The van der Waals surface area contributed by atoms with Crippen LogP contribution in [0.2, 0.25) is 0 Å². The van der Waals surface area contributed by atoms with Crippen LogP contribution in [0.3, 0.4) is 0 Å². The summed E-state index contributed by atoms with van der Waals surface area (Å²) in [5.41, 5.74) is 1.81. The first-order valence-electron chi connectivity index (χ1n) is 7.28. The number of hydrogen-bond donors (Lipinski definition) is 0. The third-order valence-electron chi connectivity index (χ3n) is 3.51. The van der Waals surface area contributed by atoms with Gasteiger partial charge < -0.3 is 4.42 Å². The maximum atomic E-state index is 5.58. The second kappa shape index (κ2) is 5.78. The fourth-order valence-corrected chi connectivity index (χ4v) is 2.36. The van der Waals surface area contributed by atoms with Gasteiger partial charge in [0, 0.05) is 11.1 Å². The van der Waals surface area contributed by atoms with E-state index in [-0.39, 0.29) is 0 Å². The van der Waals surface area contributed by atoms with Gasteiger partial charge in [0.25, 0.3) is 5.89 Å². The first kappa shape index (κ1) is 13.3. The van der Waals surface area contributed by atoms with Crippen molar-refractivity contribution in [2.24, 2.45) is 0 Å². The molecule has 3 heteroatoms. The van der Waals surface area contributed by atoms with E-state index in [0.717, 1.165) is 16.5 Å². The molecular weight excluding hydrogens is 284 g/mol. The largest absolute Gasteiger partial charge is 0.410 e. The molecule has 0 unspecified atom stereocenters. The lowest BCUT2D eigenvalue weighted by Crippen LogP contribution is -1.78. The van der Waals surface area contributed by atoms with E-state index in [9.17, 15) is 0 Å². The van der Waals surface area contributed by atoms with Crippen LogP contribution in [-0.4, -0.2) is 10.2 Å². The average molecular weight is 296 g/mol. The van der Waals surface area contributed by atoms with E-state index in [4.69, 9.17) is 4.42 Å². The lowest BCUT2D eigenvalue weighted by Gasteiger charge is -1.96. The summed E-state index contributed by atoms with van der Waals surface area (Å²) in [6.07, 6.45) is 0. The summed E-state index contributed by atoms with van der Waals surface area (Å²) in [5.74, 6) is 6.79. The molecule has 0 saturated carbocycles. The highest BCUT2D eigenvalue weighted by Gasteiger charge is 2.05. The van der Waals surface area contributed by atoms with Gasteiger partial charge in [-0.2, -0.15) is 0 Å². The Morgan fingerprint density at radius 3 is 2.35 bits per heavy atom. The standard InChI is InChI=1S/C20H12N2O/c1-2-7-17(8-3-1)20-22-21-19(23-20)13-11-15-10-12-16-6-4-5-9-18(16)14-15/h1-10,12,14H. The molecular formula is C20H12N2O. The van der Waals surface area contributed by atoms with Crippen LogP contribution in [0, 0.1) is 11.8 Å². The molecule has 0 N–H and O–H groups in total. The van der Waals surface area contributed by atoms with Crippen LogP contribution in [0.15, 0.2) is 77.2 Å². The van der Waals surface area contributed by atoms with Gasteiger partial charge in [-0.05, 0) is 41.0 Å². The Morgan fingerprint density at radius 2 is 1.48 bits per heavy atom. The summed E-state index contributed by atoms with van der Waals surface area (Å²) in [6, 6.07) is 23.9. The number of aromatic nitrogens is 2. The van der Waals surface area contributed by atoms with Crippen molar-refractivity contribution in [2.75, 3.05) is 0 Å². The molecule has 0 atom stereocenters. The first-order valence-corrected chi connectivity index (χ1v) is 7.28. The van der Waals surface area contributed by atoms with Crippen LogP contribution in [0.25, 0.3) is 22.2 Å². The lowest BCUT2D eigenvalue weighted by atomic mass is 10.1. The molecule has 0 fully saturated rings. The van der Waals surface area contributed by atoms with Gasteiger partial charge in [-0.25, -0.2) is 0 Å². The van der Waals surface area contributed by atoms with Crippen molar-refractivity contribution < 1.29 is 4.42 Å². The number of hydrogen-bond acceptors (Lipinski definition) is 3. The molecule has 108 valence electrons. The third-order valence-corrected chi connectivity index (χ3v) is 3.51. The van der Waals surface area contributed by atoms with E-state index in [1.807, 2.05) is 48.5 Å². The van der Waals surface area contributed by atoms with Gasteiger partial charge in [0.2, 0.25) is 5.89 Å². The first-order chi connectivity index (χ1) is 11.4. The monoisotopic (exact) mass is 296 g/mol. The van der Waals surface area contributed by atoms with Crippen LogP contribution in [0.5, 0.6) is 0 Å². The molecule has 0 radical (unpaired) electrons. The molecule has 0 aliphatic heterocycles. The highest BCUT2D eigenvalue weighted by Crippen LogP contribution is 2.17. The van der Waals surface area contributed by atoms with Crippen LogP contribution < -0.4 is 0 Å². The van der Waals surface area contributed by atoms with Crippen LogP contribution >= 0.6 is 0 Å². The Labute approximate surface area is 133 Å². The van der Waals surface area contributed by atoms with Crippen LogP contribution in [0.1, 0.15) is 11.5 Å². The van der Waals surface area contributed by atoms with Crippen molar-refractivity contribution in [3.8, 4) is 23.3 Å². The summed E-state index contributed by atoms with van der Waals surface area (Å²) in [5, 5.41) is 10.4. The quantitative estimate of drug-likeness (QED) is 0.492. The van der Waals surface area contributed by atoms with Gasteiger partial charge in [-0.15, -0.1) is 5.10 Å². The van der Waals surface area contributed by atoms with E-state index in [0.29, 0.717) is 11.8 Å². The average Bonchev–Trinajstić information content (AvgIpc) is 3.10. The van der Waals surface area contributed by atoms with Gasteiger partial charge in [0.05, 0.1) is 0 Å². The van der Waals surface area contributed by atoms with E-state index < -0.39 is 0 Å². The summed E-state index contributed by atoms with van der Waals surface area (Å²) >= 11 is 0. The second-order valence-corrected chi connectivity index (χ2v) is 5.09. The van der Waals surface area contributed by atoms with Crippen molar-refractivity contribution in [1.82, 2.24) is 10.2 Å². The summed E-state index contributed by atoms with van der Waals surface area (Å²) < 4.78 is 5.58. The number of fused-ring (bicyclic) bond motifs is 1. The highest BCUT2D eigenvalue weighted by atomic mass is 16.4. The molecule has 4 rings (SSSR count). The van der Waals surface area contributed by atoms with Gasteiger partial charge in [0.1, 0.15) is 0 Å². The Kier molecular flexibility index (Phi) is 3.34. The Bertz CT molecular complexity index is 1020. The molecule has 0 aliphatic rings. The van der Waals surface area contributed by atoms with Gasteiger partial charge in [0.15, 0.2) is 0 Å². The predicted octanol–water partition coefficient (Wildman–Crippen LogP) is 4.29. The normalized spacial score (nSPS) is 10.3. The Morgan fingerprint density at radius 1 is 0.696 bits per heavy atom. The molecule has 1 aromatic heterocycles. The molecule has 23 heavy (non-hydrogen) atoms. The van der Waals surface area contributed by atoms with E-state index >= 15 is 0 Å².